The molecule has 7 nitrogen and oxygen atoms in total. The number of ether oxygens (including phenoxy) is 1. The predicted molar refractivity (Wildman–Crippen MR) is 115 cm³/mol. The molecule has 1 amide bonds. The van der Waals surface area contributed by atoms with Crippen molar-refractivity contribution in [3.63, 3.8) is 0 Å². The molecule has 1 aliphatic rings. The van der Waals surface area contributed by atoms with E-state index in [0.717, 1.165) is 60.8 Å². The quantitative estimate of drug-likeness (QED) is 0.731. The van der Waals surface area contributed by atoms with Crippen LogP contribution < -0.4 is 5.32 Å². The van der Waals surface area contributed by atoms with Crippen LogP contribution in [0, 0.1) is 12.8 Å². The first-order valence-corrected chi connectivity index (χ1v) is 10.8. The van der Waals surface area contributed by atoms with Gasteiger partial charge in [-0.1, -0.05) is 25.9 Å². The van der Waals surface area contributed by atoms with E-state index in [0.29, 0.717) is 24.9 Å². The molecule has 0 spiro atoms. The number of nitrogens with zero attached hydrogens (tertiary/aromatic N) is 3. The van der Waals surface area contributed by atoms with Gasteiger partial charge in [0.2, 0.25) is 5.91 Å². The standard InChI is InChI=1S/C23H34N4O3/c1-15-12-19(30-27-15)18-14-25-22(23(2,3)4)26-21(18)17-8-6-16(7-9-17)13-24-20(28)10-11-29-5/h12,14,16-17H,6-11,13H2,1-5H3,(H,24,28). The minimum absolute atomic E-state index is 0.0626. The van der Waals surface area contributed by atoms with Crippen molar-refractivity contribution in [2.45, 2.75) is 71.1 Å². The third kappa shape index (κ3) is 5.65. The van der Waals surface area contributed by atoms with Gasteiger partial charge >= 0.3 is 0 Å². The molecule has 3 rings (SSSR count). The van der Waals surface area contributed by atoms with Crippen LogP contribution in [-0.4, -0.2) is 41.3 Å². The minimum Gasteiger partial charge on any atom is -0.384 e. The highest BCUT2D eigenvalue weighted by Crippen LogP contribution is 2.39. The Hall–Kier alpha value is -2.28. The molecule has 1 aliphatic carbocycles. The maximum absolute atomic E-state index is 11.8. The van der Waals surface area contributed by atoms with Crippen molar-refractivity contribution in [1.29, 1.82) is 0 Å². The van der Waals surface area contributed by atoms with Crippen LogP contribution in [0.4, 0.5) is 0 Å². The van der Waals surface area contributed by atoms with Crippen molar-refractivity contribution in [3.05, 3.63) is 29.5 Å². The molecule has 2 aromatic heterocycles. The Labute approximate surface area is 179 Å². The van der Waals surface area contributed by atoms with E-state index in [1.807, 2.05) is 19.2 Å². The van der Waals surface area contributed by atoms with Crippen LogP contribution in [0.25, 0.3) is 11.3 Å². The predicted octanol–water partition coefficient (Wildman–Crippen LogP) is 4.16. The van der Waals surface area contributed by atoms with E-state index in [4.69, 9.17) is 14.2 Å². The summed E-state index contributed by atoms with van der Waals surface area (Å²) in [5, 5.41) is 7.09. The van der Waals surface area contributed by atoms with Crippen molar-refractivity contribution in [2.75, 3.05) is 20.3 Å². The molecule has 2 heterocycles. The Kier molecular flexibility index (Phi) is 7.23. The van der Waals surface area contributed by atoms with Crippen LogP contribution in [-0.2, 0) is 14.9 Å². The maximum atomic E-state index is 11.8. The van der Waals surface area contributed by atoms with E-state index in [-0.39, 0.29) is 11.3 Å². The molecule has 2 aromatic rings. The van der Waals surface area contributed by atoms with Gasteiger partial charge in [-0.15, -0.1) is 0 Å². The van der Waals surface area contributed by atoms with E-state index >= 15 is 0 Å². The van der Waals surface area contributed by atoms with E-state index in [1.165, 1.54) is 0 Å². The summed E-state index contributed by atoms with van der Waals surface area (Å²) in [5.74, 6) is 2.51. The number of rotatable bonds is 7. The molecule has 164 valence electrons. The second-order valence-electron chi connectivity index (χ2n) is 9.34. The molecule has 1 fully saturated rings. The van der Waals surface area contributed by atoms with Crippen LogP contribution in [0.15, 0.2) is 16.8 Å². The van der Waals surface area contributed by atoms with E-state index in [1.54, 1.807) is 7.11 Å². The van der Waals surface area contributed by atoms with Crippen molar-refractivity contribution in [1.82, 2.24) is 20.4 Å². The zero-order valence-corrected chi connectivity index (χ0v) is 18.8. The summed E-state index contributed by atoms with van der Waals surface area (Å²) < 4.78 is 10.5. The number of carbonyl (C=O) groups is 1. The number of nitrogens with one attached hydrogen (secondary N) is 1. The molecule has 0 aliphatic heterocycles. The van der Waals surface area contributed by atoms with Gasteiger partial charge in [-0.25, -0.2) is 9.97 Å². The Balaban J connectivity index is 1.71. The third-order valence-electron chi connectivity index (χ3n) is 5.74. The first-order chi connectivity index (χ1) is 14.3. The topological polar surface area (TPSA) is 90.1 Å². The summed E-state index contributed by atoms with van der Waals surface area (Å²) in [6.45, 7) is 9.52. The van der Waals surface area contributed by atoms with Crippen LogP contribution in [0.1, 0.15) is 76.0 Å². The molecule has 0 bridgehead atoms. The largest absolute Gasteiger partial charge is 0.384 e. The van der Waals surface area contributed by atoms with Crippen LogP contribution in [0.3, 0.4) is 0 Å². The zero-order valence-electron chi connectivity index (χ0n) is 18.8. The zero-order chi connectivity index (χ0) is 21.7. The summed E-state index contributed by atoms with van der Waals surface area (Å²) in [6, 6.07) is 1.94. The Morgan fingerprint density at radius 2 is 2.00 bits per heavy atom. The van der Waals surface area contributed by atoms with Gasteiger partial charge in [-0.2, -0.15) is 0 Å². The molecule has 1 saturated carbocycles. The number of methoxy groups -OCH3 is 1. The SMILES string of the molecule is COCCC(=O)NCC1CCC(c2nc(C(C)(C)C)ncc2-c2cc(C)no2)CC1. The summed E-state index contributed by atoms with van der Waals surface area (Å²) in [7, 11) is 1.61. The second-order valence-corrected chi connectivity index (χ2v) is 9.34. The monoisotopic (exact) mass is 414 g/mol. The summed E-state index contributed by atoms with van der Waals surface area (Å²) in [6.07, 6.45) is 6.53. The van der Waals surface area contributed by atoms with Gasteiger partial charge in [0.15, 0.2) is 5.76 Å². The Morgan fingerprint density at radius 1 is 1.27 bits per heavy atom. The summed E-state index contributed by atoms with van der Waals surface area (Å²) in [4.78, 5) is 21.5. The van der Waals surface area contributed by atoms with Crippen molar-refractivity contribution >= 4 is 5.91 Å². The minimum atomic E-state index is -0.117. The maximum Gasteiger partial charge on any atom is 0.222 e. The lowest BCUT2D eigenvalue weighted by atomic mass is 9.79. The number of aromatic nitrogens is 3. The van der Waals surface area contributed by atoms with Crippen molar-refractivity contribution < 1.29 is 14.1 Å². The number of carbonyl (C=O) groups excluding carboxylic acids is 1. The number of hydrogen-bond acceptors (Lipinski definition) is 6. The fourth-order valence-corrected chi connectivity index (χ4v) is 3.93. The summed E-state index contributed by atoms with van der Waals surface area (Å²) >= 11 is 0. The molecule has 1 N–H and O–H groups in total. The third-order valence-corrected chi connectivity index (χ3v) is 5.74. The first-order valence-electron chi connectivity index (χ1n) is 10.8. The smallest absolute Gasteiger partial charge is 0.222 e. The average molecular weight is 415 g/mol. The fraction of sp³-hybridized carbons (Fsp3) is 0.652. The molecular formula is C23H34N4O3. The molecule has 0 unspecified atom stereocenters. The highest BCUT2D eigenvalue weighted by atomic mass is 16.5. The first kappa shape index (κ1) is 22.4. The van der Waals surface area contributed by atoms with Gasteiger partial charge < -0.3 is 14.6 Å². The molecule has 7 heteroatoms. The van der Waals surface area contributed by atoms with Gasteiger partial charge in [0.05, 0.1) is 23.6 Å². The Bertz CT molecular complexity index is 848. The second kappa shape index (κ2) is 9.69. The molecule has 0 radical (unpaired) electrons. The van der Waals surface area contributed by atoms with E-state index in [9.17, 15) is 4.79 Å². The van der Waals surface area contributed by atoms with Gasteiger partial charge in [0, 0.05) is 43.7 Å². The highest BCUT2D eigenvalue weighted by Gasteiger charge is 2.29. The number of amides is 1. The molecule has 30 heavy (non-hydrogen) atoms. The molecule has 0 atom stereocenters. The lowest BCUT2D eigenvalue weighted by Crippen LogP contribution is -2.31. The van der Waals surface area contributed by atoms with Crippen LogP contribution >= 0.6 is 0 Å². The van der Waals surface area contributed by atoms with Crippen molar-refractivity contribution in [3.8, 4) is 11.3 Å². The molecule has 0 saturated heterocycles. The molecular weight excluding hydrogens is 380 g/mol. The van der Waals surface area contributed by atoms with Crippen LogP contribution in [0.5, 0.6) is 0 Å². The summed E-state index contributed by atoms with van der Waals surface area (Å²) in [5.41, 5.74) is 2.74. The van der Waals surface area contributed by atoms with Gasteiger partial charge in [0.25, 0.3) is 0 Å². The fourth-order valence-electron chi connectivity index (χ4n) is 3.93. The lowest BCUT2D eigenvalue weighted by molar-refractivity contribution is -0.122. The van der Waals surface area contributed by atoms with Gasteiger partial charge in [0.1, 0.15) is 5.82 Å². The normalized spacial score (nSPS) is 19.6. The van der Waals surface area contributed by atoms with Crippen LogP contribution in [0.2, 0.25) is 0 Å². The molecule has 0 aromatic carbocycles. The average Bonchev–Trinajstić information content (AvgIpc) is 3.16. The van der Waals surface area contributed by atoms with Gasteiger partial charge in [-0.3, -0.25) is 4.79 Å². The lowest BCUT2D eigenvalue weighted by Gasteiger charge is -2.30. The van der Waals surface area contributed by atoms with Gasteiger partial charge in [-0.05, 0) is 38.5 Å². The Morgan fingerprint density at radius 3 is 2.60 bits per heavy atom. The van der Waals surface area contributed by atoms with E-state index < -0.39 is 0 Å². The number of aryl methyl sites for hydroxylation is 1. The van der Waals surface area contributed by atoms with Crippen molar-refractivity contribution in [2.24, 2.45) is 5.92 Å². The number of hydrogen-bond donors (Lipinski definition) is 1. The van der Waals surface area contributed by atoms with E-state index in [2.05, 4.69) is 36.2 Å². The highest BCUT2D eigenvalue weighted by molar-refractivity contribution is 5.75.